The standard InChI is InChI=1S/C22H34N2O5/c1-8-17(28-7)21(27)29-14-16(3)13-15(2)11-9-10-12-18(25)24-19(20(23)26)22(4,5)6/h8-13,16,19H,14H2,1-7H3,(H2,23,26)(H,24,25)/b11-9-,12-10-,15-13+,17-8+/t16-,19?/m0/s1. The summed E-state index contributed by atoms with van der Waals surface area (Å²) in [6.45, 7) is 11.2. The van der Waals surface area contributed by atoms with Gasteiger partial charge in [0, 0.05) is 12.0 Å². The zero-order valence-corrected chi connectivity index (χ0v) is 18.4. The molecule has 0 aromatic rings. The molecule has 0 spiro atoms. The number of esters is 1. The number of methoxy groups -OCH3 is 1. The van der Waals surface area contributed by atoms with E-state index in [2.05, 4.69) is 5.32 Å². The van der Waals surface area contributed by atoms with Crippen LogP contribution < -0.4 is 11.1 Å². The van der Waals surface area contributed by atoms with E-state index in [0.717, 1.165) is 5.57 Å². The third kappa shape index (κ3) is 10.9. The van der Waals surface area contributed by atoms with E-state index in [0.29, 0.717) is 0 Å². The molecule has 0 aliphatic heterocycles. The first-order valence-electron chi connectivity index (χ1n) is 9.42. The second kappa shape index (κ2) is 12.6. The first-order chi connectivity index (χ1) is 13.4. The quantitative estimate of drug-likeness (QED) is 0.251. The van der Waals surface area contributed by atoms with Crippen molar-refractivity contribution in [1.82, 2.24) is 5.32 Å². The molecule has 7 heteroatoms. The van der Waals surface area contributed by atoms with E-state index in [9.17, 15) is 14.4 Å². The average Bonchev–Trinajstić information content (AvgIpc) is 2.61. The Bertz CT molecular complexity index is 696. The molecule has 0 rings (SSSR count). The van der Waals surface area contributed by atoms with Crippen LogP contribution in [-0.2, 0) is 23.9 Å². The lowest BCUT2D eigenvalue weighted by Gasteiger charge is -2.28. The van der Waals surface area contributed by atoms with Gasteiger partial charge < -0.3 is 20.5 Å². The van der Waals surface area contributed by atoms with Crippen LogP contribution in [0.15, 0.2) is 47.8 Å². The van der Waals surface area contributed by atoms with Crippen molar-refractivity contribution in [3.63, 3.8) is 0 Å². The smallest absolute Gasteiger partial charge is 0.373 e. The van der Waals surface area contributed by atoms with Gasteiger partial charge in [0.2, 0.25) is 11.8 Å². The summed E-state index contributed by atoms with van der Waals surface area (Å²) in [5, 5.41) is 2.61. The van der Waals surface area contributed by atoms with Gasteiger partial charge in [-0.15, -0.1) is 0 Å². The normalized spacial score (nSPS) is 15.3. The maximum atomic E-state index is 12.0. The third-order valence-corrected chi connectivity index (χ3v) is 3.86. The van der Waals surface area contributed by atoms with E-state index in [-0.39, 0.29) is 18.3 Å². The fourth-order valence-electron chi connectivity index (χ4n) is 2.40. The molecule has 0 heterocycles. The van der Waals surface area contributed by atoms with Crippen LogP contribution in [0.25, 0.3) is 0 Å². The van der Waals surface area contributed by atoms with Gasteiger partial charge in [-0.05, 0) is 25.3 Å². The second-order valence-electron chi connectivity index (χ2n) is 7.77. The molecule has 0 saturated heterocycles. The zero-order valence-electron chi connectivity index (χ0n) is 18.4. The van der Waals surface area contributed by atoms with Crippen LogP contribution in [0.4, 0.5) is 0 Å². The van der Waals surface area contributed by atoms with Gasteiger partial charge in [-0.3, -0.25) is 9.59 Å². The maximum Gasteiger partial charge on any atom is 0.373 e. The van der Waals surface area contributed by atoms with Crippen molar-refractivity contribution in [2.24, 2.45) is 17.1 Å². The Morgan fingerprint density at radius 3 is 2.21 bits per heavy atom. The Balaban J connectivity index is 4.65. The molecule has 0 radical (unpaired) electrons. The van der Waals surface area contributed by atoms with Gasteiger partial charge in [0.25, 0.3) is 0 Å². The number of hydrogen-bond acceptors (Lipinski definition) is 5. The van der Waals surface area contributed by atoms with E-state index in [1.807, 2.05) is 46.8 Å². The number of amides is 2. The molecule has 2 amide bonds. The number of rotatable bonds is 10. The van der Waals surface area contributed by atoms with E-state index in [4.69, 9.17) is 15.2 Å². The van der Waals surface area contributed by atoms with Crippen LogP contribution in [0.5, 0.6) is 0 Å². The van der Waals surface area contributed by atoms with Crippen LogP contribution in [0, 0.1) is 11.3 Å². The lowest BCUT2D eigenvalue weighted by Crippen LogP contribution is -2.51. The minimum absolute atomic E-state index is 0.00829. The molecule has 0 fully saturated rings. The topological polar surface area (TPSA) is 108 Å². The van der Waals surface area contributed by atoms with Gasteiger partial charge in [-0.1, -0.05) is 57.6 Å². The molecule has 1 unspecified atom stereocenters. The van der Waals surface area contributed by atoms with Crippen molar-refractivity contribution in [2.75, 3.05) is 13.7 Å². The predicted molar refractivity (Wildman–Crippen MR) is 114 cm³/mol. The molecule has 2 atom stereocenters. The molecule has 0 saturated carbocycles. The number of primary amides is 1. The van der Waals surface area contributed by atoms with Crippen molar-refractivity contribution in [2.45, 2.75) is 47.6 Å². The number of nitrogens with two attached hydrogens (primary N) is 1. The molecular formula is C22H34N2O5. The molecule has 3 N–H and O–H groups in total. The third-order valence-electron chi connectivity index (χ3n) is 3.86. The van der Waals surface area contributed by atoms with Gasteiger partial charge in [0.05, 0.1) is 13.7 Å². The second-order valence-corrected chi connectivity index (χ2v) is 7.77. The lowest BCUT2D eigenvalue weighted by molar-refractivity contribution is -0.143. The van der Waals surface area contributed by atoms with E-state index in [1.165, 1.54) is 13.2 Å². The molecule has 0 aromatic heterocycles. The van der Waals surface area contributed by atoms with Gasteiger partial charge >= 0.3 is 5.97 Å². The fraction of sp³-hybridized carbons (Fsp3) is 0.500. The van der Waals surface area contributed by atoms with Crippen molar-refractivity contribution in [1.29, 1.82) is 0 Å². The van der Waals surface area contributed by atoms with Crippen molar-refractivity contribution >= 4 is 17.8 Å². The number of nitrogens with one attached hydrogen (secondary N) is 1. The molecular weight excluding hydrogens is 372 g/mol. The van der Waals surface area contributed by atoms with Crippen molar-refractivity contribution in [3.05, 3.63) is 47.8 Å². The summed E-state index contributed by atoms with van der Waals surface area (Å²) in [5.41, 5.74) is 5.82. The van der Waals surface area contributed by atoms with E-state index in [1.54, 1.807) is 25.2 Å². The Morgan fingerprint density at radius 2 is 1.72 bits per heavy atom. The van der Waals surface area contributed by atoms with E-state index >= 15 is 0 Å². The fourth-order valence-corrected chi connectivity index (χ4v) is 2.40. The largest absolute Gasteiger partial charge is 0.490 e. The molecule has 0 aromatic carbocycles. The molecule has 29 heavy (non-hydrogen) atoms. The van der Waals surface area contributed by atoms with Crippen LogP contribution >= 0.6 is 0 Å². The molecule has 0 bridgehead atoms. The minimum Gasteiger partial charge on any atom is -0.490 e. The number of ether oxygens (including phenoxy) is 2. The van der Waals surface area contributed by atoms with Crippen LogP contribution in [0.1, 0.15) is 41.5 Å². The molecule has 0 aliphatic carbocycles. The first kappa shape index (κ1) is 26.2. The number of allylic oxidation sites excluding steroid dienone is 5. The van der Waals surface area contributed by atoms with Gasteiger partial charge in [-0.25, -0.2) is 4.79 Å². The maximum absolute atomic E-state index is 12.0. The summed E-state index contributed by atoms with van der Waals surface area (Å²) in [6, 6.07) is -0.755. The summed E-state index contributed by atoms with van der Waals surface area (Å²) in [7, 11) is 1.42. The Labute approximate surface area is 173 Å². The predicted octanol–water partition coefficient (Wildman–Crippen LogP) is 2.79. The molecule has 0 aliphatic rings. The van der Waals surface area contributed by atoms with Gasteiger partial charge in [0.15, 0.2) is 5.76 Å². The van der Waals surface area contributed by atoms with Crippen molar-refractivity contribution in [3.8, 4) is 0 Å². The van der Waals surface area contributed by atoms with E-state index < -0.39 is 29.2 Å². The highest BCUT2D eigenvalue weighted by Gasteiger charge is 2.30. The minimum atomic E-state index is -0.755. The molecule has 162 valence electrons. The average molecular weight is 407 g/mol. The van der Waals surface area contributed by atoms with Crippen LogP contribution in [0.3, 0.4) is 0 Å². The highest BCUT2D eigenvalue weighted by molar-refractivity contribution is 5.93. The number of carbonyl (C=O) groups excluding carboxylic acids is 3. The summed E-state index contributed by atoms with van der Waals surface area (Å²) in [4.78, 5) is 35.2. The molecule has 7 nitrogen and oxygen atoms in total. The lowest BCUT2D eigenvalue weighted by atomic mass is 9.86. The SMILES string of the molecule is C/C=C(/OC)C(=O)OC[C@@H](C)/C=C(C)/C=C\C=C/C(=O)NC(C(N)=O)C(C)(C)C. The highest BCUT2D eigenvalue weighted by Crippen LogP contribution is 2.18. The Hall–Kier alpha value is -2.83. The number of carbonyl (C=O) groups is 3. The monoisotopic (exact) mass is 406 g/mol. The first-order valence-corrected chi connectivity index (χ1v) is 9.42. The Kier molecular flexibility index (Phi) is 11.4. The highest BCUT2D eigenvalue weighted by atomic mass is 16.6. The van der Waals surface area contributed by atoms with Crippen molar-refractivity contribution < 1.29 is 23.9 Å². The zero-order chi connectivity index (χ0) is 22.6. The van der Waals surface area contributed by atoms with Gasteiger partial charge in [0.1, 0.15) is 6.04 Å². The summed E-state index contributed by atoms with van der Waals surface area (Å²) < 4.78 is 10.1. The summed E-state index contributed by atoms with van der Waals surface area (Å²) >= 11 is 0. The van der Waals surface area contributed by atoms with Crippen LogP contribution in [-0.4, -0.2) is 37.5 Å². The number of hydrogen-bond donors (Lipinski definition) is 2. The summed E-state index contributed by atoms with van der Waals surface area (Å²) in [5.74, 6) is -1.29. The van der Waals surface area contributed by atoms with Gasteiger partial charge in [-0.2, -0.15) is 0 Å². The summed E-state index contributed by atoms with van der Waals surface area (Å²) in [6.07, 6.45) is 9.94. The van der Waals surface area contributed by atoms with Crippen LogP contribution in [0.2, 0.25) is 0 Å². The Morgan fingerprint density at radius 1 is 1.14 bits per heavy atom.